The van der Waals surface area contributed by atoms with Crippen LogP contribution in [-0.2, 0) is 6.54 Å². The van der Waals surface area contributed by atoms with Gasteiger partial charge in [0.25, 0.3) is 0 Å². The van der Waals surface area contributed by atoms with Crippen molar-refractivity contribution in [3.05, 3.63) is 30.7 Å². The van der Waals surface area contributed by atoms with E-state index in [2.05, 4.69) is 15.3 Å². The van der Waals surface area contributed by atoms with Gasteiger partial charge in [-0.05, 0) is 25.1 Å². The third kappa shape index (κ3) is 2.38. The number of nitrogens with two attached hydrogens (primary N) is 1. The van der Waals surface area contributed by atoms with Gasteiger partial charge in [-0.2, -0.15) is 0 Å². The first-order valence-corrected chi connectivity index (χ1v) is 4.91. The maximum Gasteiger partial charge on any atom is 0.113 e. The van der Waals surface area contributed by atoms with Crippen molar-refractivity contribution in [1.82, 2.24) is 20.0 Å². The lowest BCUT2D eigenvalue weighted by atomic mass is 10.2. The Hall–Kier alpha value is -1.75. The van der Waals surface area contributed by atoms with E-state index in [4.69, 9.17) is 5.73 Å². The zero-order valence-electron chi connectivity index (χ0n) is 8.37. The number of pyridine rings is 1. The number of aromatic nitrogens is 4. The van der Waals surface area contributed by atoms with Crippen molar-refractivity contribution in [3.8, 4) is 11.3 Å². The fraction of sp³-hybridized carbons (Fsp3) is 0.300. The zero-order valence-corrected chi connectivity index (χ0v) is 8.37. The zero-order chi connectivity index (χ0) is 10.5. The van der Waals surface area contributed by atoms with Gasteiger partial charge in [0.1, 0.15) is 5.69 Å². The molecule has 5 nitrogen and oxygen atoms in total. The molecule has 0 saturated carbocycles. The highest BCUT2D eigenvalue weighted by Crippen LogP contribution is 2.13. The SMILES string of the molecule is NCCCn1cc(-c2ccncc2)nn1. The molecule has 0 bridgehead atoms. The number of aryl methyl sites for hydroxylation is 1. The molecule has 0 aliphatic rings. The first kappa shape index (κ1) is 9.79. The summed E-state index contributed by atoms with van der Waals surface area (Å²) in [6, 6.07) is 3.83. The summed E-state index contributed by atoms with van der Waals surface area (Å²) in [5.41, 5.74) is 7.33. The average molecular weight is 203 g/mol. The average Bonchev–Trinajstić information content (AvgIpc) is 2.76. The van der Waals surface area contributed by atoms with Gasteiger partial charge in [0, 0.05) is 24.5 Å². The predicted octanol–water partition coefficient (Wildman–Crippen LogP) is 0.689. The molecule has 0 unspecified atom stereocenters. The van der Waals surface area contributed by atoms with Crippen LogP contribution in [0, 0.1) is 0 Å². The van der Waals surface area contributed by atoms with E-state index in [1.165, 1.54) is 0 Å². The molecular weight excluding hydrogens is 190 g/mol. The Morgan fingerprint density at radius 2 is 2.07 bits per heavy atom. The molecule has 2 aromatic heterocycles. The number of nitrogens with zero attached hydrogens (tertiary/aromatic N) is 4. The van der Waals surface area contributed by atoms with Crippen molar-refractivity contribution in [3.63, 3.8) is 0 Å². The molecule has 0 saturated heterocycles. The van der Waals surface area contributed by atoms with Gasteiger partial charge in [-0.3, -0.25) is 9.67 Å². The van der Waals surface area contributed by atoms with Gasteiger partial charge in [0.15, 0.2) is 0 Å². The first-order valence-electron chi connectivity index (χ1n) is 4.91. The molecular formula is C10H13N5. The highest BCUT2D eigenvalue weighted by atomic mass is 15.4. The molecule has 2 rings (SSSR count). The summed E-state index contributed by atoms with van der Waals surface area (Å²) in [5, 5.41) is 8.10. The highest BCUT2D eigenvalue weighted by Gasteiger charge is 2.02. The van der Waals surface area contributed by atoms with Crippen LogP contribution in [-0.4, -0.2) is 26.5 Å². The van der Waals surface area contributed by atoms with Crippen LogP contribution in [0.15, 0.2) is 30.7 Å². The Balaban J connectivity index is 2.14. The second kappa shape index (κ2) is 4.65. The predicted molar refractivity (Wildman–Crippen MR) is 56.9 cm³/mol. The lowest BCUT2D eigenvalue weighted by Gasteiger charge is -1.95. The van der Waals surface area contributed by atoms with Gasteiger partial charge in [0.2, 0.25) is 0 Å². The minimum Gasteiger partial charge on any atom is -0.330 e. The van der Waals surface area contributed by atoms with E-state index >= 15 is 0 Å². The second-order valence-corrected chi connectivity index (χ2v) is 3.24. The Bertz CT molecular complexity index is 409. The maximum atomic E-state index is 5.42. The molecule has 15 heavy (non-hydrogen) atoms. The minimum absolute atomic E-state index is 0.671. The van der Waals surface area contributed by atoms with E-state index in [0.29, 0.717) is 6.54 Å². The summed E-state index contributed by atoms with van der Waals surface area (Å²) in [6.45, 7) is 1.49. The number of hydrogen-bond donors (Lipinski definition) is 1. The van der Waals surface area contributed by atoms with Crippen molar-refractivity contribution in [2.24, 2.45) is 5.73 Å². The van der Waals surface area contributed by atoms with Crippen LogP contribution in [0.4, 0.5) is 0 Å². The summed E-state index contributed by atoms with van der Waals surface area (Å²) in [6.07, 6.45) is 6.33. The minimum atomic E-state index is 0.671. The van der Waals surface area contributed by atoms with E-state index in [0.717, 1.165) is 24.2 Å². The summed E-state index contributed by atoms with van der Waals surface area (Å²) in [7, 11) is 0. The van der Waals surface area contributed by atoms with Gasteiger partial charge in [-0.15, -0.1) is 5.10 Å². The molecule has 5 heteroatoms. The molecule has 0 atom stereocenters. The summed E-state index contributed by atoms with van der Waals surface area (Å²) in [4.78, 5) is 3.96. The Morgan fingerprint density at radius 1 is 1.27 bits per heavy atom. The lowest BCUT2D eigenvalue weighted by Crippen LogP contribution is -2.06. The number of hydrogen-bond acceptors (Lipinski definition) is 4. The quantitative estimate of drug-likeness (QED) is 0.793. The monoisotopic (exact) mass is 203 g/mol. The van der Waals surface area contributed by atoms with Crippen LogP contribution in [0.25, 0.3) is 11.3 Å². The van der Waals surface area contributed by atoms with Crippen molar-refractivity contribution in [1.29, 1.82) is 0 Å². The van der Waals surface area contributed by atoms with E-state index in [-0.39, 0.29) is 0 Å². The van der Waals surface area contributed by atoms with Crippen molar-refractivity contribution in [2.75, 3.05) is 6.54 Å². The lowest BCUT2D eigenvalue weighted by molar-refractivity contribution is 0.564. The van der Waals surface area contributed by atoms with E-state index in [1.807, 2.05) is 23.0 Å². The largest absolute Gasteiger partial charge is 0.330 e. The molecule has 0 aliphatic heterocycles. The van der Waals surface area contributed by atoms with E-state index < -0.39 is 0 Å². The molecule has 0 amide bonds. The Labute approximate surface area is 87.9 Å². The molecule has 0 fully saturated rings. The van der Waals surface area contributed by atoms with Crippen LogP contribution < -0.4 is 5.73 Å². The van der Waals surface area contributed by atoms with E-state index in [1.54, 1.807) is 12.4 Å². The van der Waals surface area contributed by atoms with Gasteiger partial charge in [-0.1, -0.05) is 5.21 Å². The highest BCUT2D eigenvalue weighted by molar-refractivity contribution is 5.56. The van der Waals surface area contributed by atoms with Crippen molar-refractivity contribution < 1.29 is 0 Å². The van der Waals surface area contributed by atoms with Crippen LogP contribution in [0.3, 0.4) is 0 Å². The molecule has 0 aliphatic carbocycles. The van der Waals surface area contributed by atoms with Crippen LogP contribution in [0.5, 0.6) is 0 Å². The third-order valence-electron chi connectivity index (χ3n) is 2.11. The fourth-order valence-corrected chi connectivity index (χ4v) is 1.32. The fourth-order valence-electron chi connectivity index (χ4n) is 1.32. The van der Waals surface area contributed by atoms with Gasteiger partial charge >= 0.3 is 0 Å². The van der Waals surface area contributed by atoms with Gasteiger partial charge < -0.3 is 5.73 Å². The first-order chi connectivity index (χ1) is 7.40. The Morgan fingerprint density at radius 3 is 2.80 bits per heavy atom. The maximum absolute atomic E-state index is 5.42. The molecule has 2 N–H and O–H groups in total. The van der Waals surface area contributed by atoms with Crippen LogP contribution in [0.1, 0.15) is 6.42 Å². The van der Waals surface area contributed by atoms with E-state index in [9.17, 15) is 0 Å². The van der Waals surface area contributed by atoms with Gasteiger partial charge in [0.05, 0.1) is 6.20 Å². The van der Waals surface area contributed by atoms with Crippen molar-refractivity contribution in [2.45, 2.75) is 13.0 Å². The second-order valence-electron chi connectivity index (χ2n) is 3.24. The summed E-state index contributed by atoms with van der Waals surface area (Å²) in [5.74, 6) is 0. The molecule has 0 aromatic carbocycles. The molecule has 2 aromatic rings. The summed E-state index contributed by atoms with van der Waals surface area (Å²) >= 11 is 0. The standard InChI is InChI=1S/C10H13N5/c11-4-1-7-15-8-10(13-14-15)9-2-5-12-6-3-9/h2-3,5-6,8H,1,4,7,11H2. The van der Waals surface area contributed by atoms with Gasteiger partial charge in [-0.25, -0.2) is 0 Å². The number of rotatable bonds is 4. The Kier molecular flexibility index (Phi) is 3.04. The molecule has 78 valence electrons. The van der Waals surface area contributed by atoms with Crippen LogP contribution >= 0.6 is 0 Å². The molecule has 0 spiro atoms. The van der Waals surface area contributed by atoms with Crippen LogP contribution in [0.2, 0.25) is 0 Å². The molecule has 2 heterocycles. The third-order valence-corrected chi connectivity index (χ3v) is 2.11. The molecule has 0 radical (unpaired) electrons. The smallest absolute Gasteiger partial charge is 0.113 e. The van der Waals surface area contributed by atoms with Crippen molar-refractivity contribution >= 4 is 0 Å². The topological polar surface area (TPSA) is 69.6 Å². The summed E-state index contributed by atoms with van der Waals surface area (Å²) < 4.78 is 1.81. The normalized spacial score (nSPS) is 10.5.